The monoisotopic (exact) mass is 241 g/mol. The molecule has 5 heteroatoms. The molecule has 16 heavy (non-hydrogen) atoms. The maximum Gasteiger partial charge on any atom is 0.347 e. The maximum atomic E-state index is 11.1. The molecule has 88 valence electrons. The first kappa shape index (κ1) is 11.5. The molecule has 1 aromatic rings. The molecule has 1 saturated carbocycles. The minimum atomic E-state index is -0.877. The molecule has 4 nitrogen and oxygen atoms in total. The van der Waals surface area contributed by atoms with Crippen LogP contribution in [0.5, 0.6) is 0 Å². The Balaban J connectivity index is 2.42. The molecule has 0 radical (unpaired) electrons. The predicted octanol–water partition coefficient (Wildman–Crippen LogP) is 2.60. The summed E-state index contributed by atoms with van der Waals surface area (Å²) in [7, 11) is 1.61. The van der Waals surface area contributed by atoms with Gasteiger partial charge in [-0.25, -0.2) is 9.78 Å². The summed E-state index contributed by atoms with van der Waals surface area (Å²) in [6, 6.07) is 0. The van der Waals surface area contributed by atoms with Crippen molar-refractivity contribution in [2.75, 3.05) is 7.11 Å². The highest BCUT2D eigenvalue weighted by molar-refractivity contribution is 7.13. The van der Waals surface area contributed by atoms with E-state index in [1.807, 2.05) is 13.8 Å². The smallest absolute Gasteiger partial charge is 0.347 e. The van der Waals surface area contributed by atoms with E-state index in [1.54, 1.807) is 7.11 Å². The van der Waals surface area contributed by atoms with Crippen molar-refractivity contribution in [1.82, 2.24) is 4.98 Å². The van der Waals surface area contributed by atoms with Crippen LogP contribution in [-0.4, -0.2) is 23.2 Å². The molecule has 0 aliphatic heterocycles. The highest BCUT2D eigenvalue weighted by Crippen LogP contribution is 2.44. The number of hydrogen-bond acceptors (Lipinski definition) is 4. The molecule has 0 spiro atoms. The SMILES string of the molecule is COC(C)(C)c1nc(C2CC2)c(C(=O)O)s1. The first-order chi connectivity index (χ1) is 7.45. The Labute approximate surface area is 98.3 Å². The molecule has 0 aromatic carbocycles. The Bertz CT molecular complexity index is 421. The van der Waals surface area contributed by atoms with Crippen molar-refractivity contribution < 1.29 is 14.6 Å². The van der Waals surface area contributed by atoms with Crippen LogP contribution in [0.3, 0.4) is 0 Å². The van der Waals surface area contributed by atoms with E-state index in [2.05, 4.69) is 4.98 Å². The topological polar surface area (TPSA) is 59.4 Å². The lowest BCUT2D eigenvalue weighted by atomic mass is 10.1. The molecule has 1 aliphatic carbocycles. The van der Waals surface area contributed by atoms with Crippen molar-refractivity contribution in [2.45, 2.75) is 38.2 Å². The average molecular weight is 241 g/mol. The van der Waals surface area contributed by atoms with E-state index in [0.29, 0.717) is 10.8 Å². The van der Waals surface area contributed by atoms with Gasteiger partial charge in [-0.1, -0.05) is 0 Å². The van der Waals surface area contributed by atoms with Crippen LogP contribution < -0.4 is 0 Å². The van der Waals surface area contributed by atoms with Gasteiger partial charge in [-0.15, -0.1) is 11.3 Å². The Morgan fingerprint density at radius 3 is 2.62 bits per heavy atom. The van der Waals surface area contributed by atoms with Gasteiger partial charge in [-0.3, -0.25) is 0 Å². The van der Waals surface area contributed by atoms with Gasteiger partial charge < -0.3 is 9.84 Å². The summed E-state index contributed by atoms with van der Waals surface area (Å²) in [5.41, 5.74) is 0.236. The number of aromatic carboxylic acids is 1. The number of methoxy groups -OCH3 is 1. The van der Waals surface area contributed by atoms with Gasteiger partial charge in [0.25, 0.3) is 0 Å². The predicted molar refractivity (Wildman–Crippen MR) is 61.1 cm³/mol. The first-order valence-electron chi connectivity index (χ1n) is 5.25. The van der Waals surface area contributed by atoms with E-state index in [-0.39, 0.29) is 0 Å². The van der Waals surface area contributed by atoms with Crippen LogP contribution in [-0.2, 0) is 10.3 Å². The van der Waals surface area contributed by atoms with Crippen LogP contribution >= 0.6 is 11.3 Å². The molecule has 0 atom stereocenters. The summed E-state index contributed by atoms with van der Waals surface area (Å²) < 4.78 is 5.33. The molecular formula is C11H15NO3S. The van der Waals surface area contributed by atoms with E-state index in [0.717, 1.165) is 23.5 Å². The van der Waals surface area contributed by atoms with Gasteiger partial charge in [-0.05, 0) is 26.7 Å². The lowest BCUT2D eigenvalue weighted by molar-refractivity contribution is 0.0189. The second-order valence-corrected chi connectivity index (χ2v) is 5.53. The molecule has 1 N–H and O–H groups in total. The van der Waals surface area contributed by atoms with E-state index in [1.165, 1.54) is 11.3 Å². The summed E-state index contributed by atoms with van der Waals surface area (Å²) in [4.78, 5) is 15.9. The third-order valence-electron chi connectivity index (χ3n) is 2.84. The summed E-state index contributed by atoms with van der Waals surface area (Å²) in [6.45, 7) is 3.79. The fourth-order valence-electron chi connectivity index (χ4n) is 1.46. The molecular weight excluding hydrogens is 226 g/mol. The van der Waals surface area contributed by atoms with E-state index < -0.39 is 11.6 Å². The Kier molecular flexibility index (Phi) is 2.75. The highest BCUT2D eigenvalue weighted by Gasteiger charge is 2.35. The van der Waals surface area contributed by atoms with Crippen molar-refractivity contribution in [2.24, 2.45) is 0 Å². The first-order valence-corrected chi connectivity index (χ1v) is 6.07. The van der Waals surface area contributed by atoms with E-state index >= 15 is 0 Å². The van der Waals surface area contributed by atoms with Crippen molar-refractivity contribution in [3.8, 4) is 0 Å². The van der Waals surface area contributed by atoms with Crippen molar-refractivity contribution in [1.29, 1.82) is 0 Å². The van der Waals surface area contributed by atoms with Gasteiger partial charge >= 0.3 is 5.97 Å². The van der Waals surface area contributed by atoms with Crippen LogP contribution in [0.25, 0.3) is 0 Å². The second kappa shape index (κ2) is 3.82. The minimum Gasteiger partial charge on any atom is -0.477 e. The molecule has 1 fully saturated rings. The van der Waals surface area contributed by atoms with Crippen molar-refractivity contribution in [3.05, 3.63) is 15.6 Å². The molecule has 0 unspecified atom stereocenters. The lowest BCUT2D eigenvalue weighted by Crippen LogP contribution is -2.19. The molecule has 1 aliphatic rings. The summed E-state index contributed by atoms with van der Waals surface area (Å²) >= 11 is 1.23. The lowest BCUT2D eigenvalue weighted by Gasteiger charge is -2.19. The normalized spacial score (nSPS) is 16.4. The summed E-state index contributed by atoms with van der Waals surface area (Å²) in [6.07, 6.45) is 2.10. The van der Waals surface area contributed by atoms with Crippen LogP contribution in [0.1, 0.15) is 53.0 Å². The fraction of sp³-hybridized carbons (Fsp3) is 0.636. The van der Waals surface area contributed by atoms with Gasteiger partial charge in [0.2, 0.25) is 0 Å². The molecule has 0 saturated heterocycles. The number of carboxylic acids is 1. The second-order valence-electron chi connectivity index (χ2n) is 4.53. The van der Waals surface area contributed by atoms with Crippen LogP contribution in [0.2, 0.25) is 0 Å². The quantitative estimate of drug-likeness (QED) is 0.880. The summed E-state index contributed by atoms with van der Waals surface area (Å²) in [5, 5.41) is 9.87. The zero-order valence-corrected chi connectivity index (χ0v) is 10.4. The van der Waals surface area contributed by atoms with Gasteiger partial charge in [0.15, 0.2) is 0 Å². The molecule has 0 bridgehead atoms. The largest absolute Gasteiger partial charge is 0.477 e. The number of aromatic nitrogens is 1. The molecule has 0 amide bonds. The number of carboxylic acid groups (broad SMARTS) is 1. The van der Waals surface area contributed by atoms with Gasteiger partial charge in [0.1, 0.15) is 15.5 Å². The third kappa shape index (κ3) is 1.97. The standard InChI is InChI=1S/C11H15NO3S/c1-11(2,15-3)10-12-7(6-4-5-6)8(16-10)9(13)14/h6H,4-5H2,1-3H3,(H,13,14). The van der Waals surface area contributed by atoms with Crippen LogP contribution in [0.15, 0.2) is 0 Å². The number of rotatable bonds is 4. The minimum absolute atomic E-state index is 0.351. The third-order valence-corrected chi connectivity index (χ3v) is 4.20. The van der Waals surface area contributed by atoms with Crippen LogP contribution in [0.4, 0.5) is 0 Å². The van der Waals surface area contributed by atoms with Crippen molar-refractivity contribution >= 4 is 17.3 Å². The Morgan fingerprint density at radius 2 is 2.19 bits per heavy atom. The zero-order valence-electron chi connectivity index (χ0n) is 9.61. The van der Waals surface area contributed by atoms with Crippen molar-refractivity contribution in [3.63, 3.8) is 0 Å². The molecule has 1 aromatic heterocycles. The fourth-order valence-corrected chi connectivity index (χ4v) is 2.53. The van der Waals surface area contributed by atoms with E-state index in [9.17, 15) is 4.79 Å². The average Bonchev–Trinajstić information content (AvgIpc) is 2.96. The molecule has 1 heterocycles. The number of nitrogens with zero attached hydrogens (tertiary/aromatic N) is 1. The van der Waals surface area contributed by atoms with Crippen LogP contribution in [0, 0.1) is 0 Å². The Hall–Kier alpha value is -0.940. The van der Waals surface area contributed by atoms with Gasteiger partial charge in [0, 0.05) is 13.0 Å². The highest BCUT2D eigenvalue weighted by atomic mass is 32.1. The van der Waals surface area contributed by atoms with Gasteiger partial charge in [0.05, 0.1) is 5.69 Å². The van der Waals surface area contributed by atoms with E-state index in [4.69, 9.17) is 9.84 Å². The number of thiazole rings is 1. The molecule has 2 rings (SSSR count). The number of ether oxygens (including phenoxy) is 1. The number of hydrogen-bond donors (Lipinski definition) is 1. The number of carbonyl (C=O) groups is 1. The zero-order chi connectivity index (χ0) is 11.9. The van der Waals surface area contributed by atoms with Gasteiger partial charge in [-0.2, -0.15) is 0 Å². The maximum absolute atomic E-state index is 11.1. The summed E-state index contributed by atoms with van der Waals surface area (Å²) in [5.74, 6) is -0.527. The Morgan fingerprint density at radius 1 is 1.56 bits per heavy atom.